The number of unbranched alkanes of at least 4 members (excludes halogenated alkanes) is 1. The summed E-state index contributed by atoms with van der Waals surface area (Å²) in [6, 6.07) is -0.935. The van der Waals surface area contributed by atoms with Crippen molar-refractivity contribution < 1.29 is 19.5 Å². The summed E-state index contributed by atoms with van der Waals surface area (Å²) in [6.45, 7) is 3.82. The first-order chi connectivity index (χ1) is 13.3. The number of carboxylic acids is 1. The smallest absolute Gasteiger partial charge is 0.326 e. The van der Waals surface area contributed by atoms with Gasteiger partial charge in [-0.1, -0.05) is 6.92 Å². The number of guanidine groups is 1. The van der Waals surface area contributed by atoms with Gasteiger partial charge in [-0.15, -0.1) is 0 Å². The summed E-state index contributed by atoms with van der Waals surface area (Å²) < 4.78 is 0. The van der Waals surface area contributed by atoms with Crippen molar-refractivity contribution in [3.05, 3.63) is 0 Å². The predicted molar refractivity (Wildman–Crippen MR) is 113 cm³/mol. The Bertz CT molecular complexity index is 493. The van der Waals surface area contributed by atoms with Crippen molar-refractivity contribution in [3.8, 4) is 0 Å². The van der Waals surface area contributed by atoms with Crippen molar-refractivity contribution in [1.29, 1.82) is 5.41 Å². The Kier molecular flexibility index (Phi) is 15.1. The second-order valence-electron chi connectivity index (χ2n) is 7.00. The molecule has 10 heteroatoms. The molecule has 2 unspecified atom stereocenters. The third kappa shape index (κ3) is 14.3. The van der Waals surface area contributed by atoms with Gasteiger partial charge in [0.1, 0.15) is 12.3 Å². The molecule has 0 heterocycles. The summed E-state index contributed by atoms with van der Waals surface area (Å²) in [6.07, 6.45) is 4.25. The van der Waals surface area contributed by atoms with Gasteiger partial charge in [0.2, 0.25) is 5.91 Å². The van der Waals surface area contributed by atoms with Crippen LogP contribution < -0.4 is 21.7 Å². The second kappa shape index (κ2) is 16.2. The molecule has 0 aliphatic rings. The lowest BCUT2D eigenvalue weighted by Gasteiger charge is -2.17. The molecule has 0 aromatic carbocycles. The largest absolute Gasteiger partial charge is 0.480 e. The van der Waals surface area contributed by atoms with Gasteiger partial charge in [0.05, 0.1) is 0 Å². The molecule has 0 radical (unpaired) electrons. The Hall–Kier alpha value is -1.81. The molecular weight excluding hydrogens is 382 g/mol. The summed E-state index contributed by atoms with van der Waals surface area (Å²) in [4.78, 5) is 33.9. The quantitative estimate of drug-likeness (QED) is 0.0591. The van der Waals surface area contributed by atoms with Crippen molar-refractivity contribution in [2.45, 2.75) is 51.5 Å². The molecule has 0 aromatic rings. The highest BCUT2D eigenvalue weighted by Crippen LogP contribution is 2.11. The van der Waals surface area contributed by atoms with Crippen LogP contribution in [0.4, 0.5) is 0 Å². The molecule has 1 amide bonds. The Morgan fingerprint density at radius 3 is 2.54 bits per heavy atom. The molecule has 0 spiro atoms. The molecule has 3 atom stereocenters. The number of aldehydes is 1. The van der Waals surface area contributed by atoms with E-state index >= 15 is 0 Å². The predicted octanol–water partition coefficient (Wildman–Crippen LogP) is 0.350. The zero-order valence-electron chi connectivity index (χ0n) is 16.6. The lowest BCUT2D eigenvalue weighted by molar-refractivity contribution is -0.142. The van der Waals surface area contributed by atoms with Crippen LogP contribution in [0.2, 0.25) is 0 Å². The number of carbonyl (C=O) groups is 3. The first-order valence-corrected chi connectivity index (χ1v) is 10.3. The third-order valence-electron chi connectivity index (χ3n) is 4.25. The average molecular weight is 418 g/mol. The lowest BCUT2D eigenvalue weighted by Crippen LogP contribution is -2.41. The number of amides is 1. The third-order valence-corrected chi connectivity index (χ3v) is 4.77. The lowest BCUT2D eigenvalue weighted by atomic mass is 9.98. The number of hydrogen-bond acceptors (Lipinski definition) is 6. The summed E-state index contributed by atoms with van der Waals surface area (Å²) in [5.41, 5.74) is 5.15. The summed E-state index contributed by atoms with van der Waals surface area (Å²) in [5, 5.41) is 24.7. The van der Waals surface area contributed by atoms with Crippen LogP contribution in [0.25, 0.3) is 0 Å². The van der Waals surface area contributed by atoms with Crippen LogP contribution >= 0.6 is 12.6 Å². The Balaban J connectivity index is 3.92. The van der Waals surface area contributed by atoms with E-state index in [-0.39, 0.29) is 30.6 Å². The SMILES string of the molecule is CC(C=O)CC(CS)CNCCCCC(=O)N[C@@H](CCCNC(=N)N)C(=O)O. The summed E-state index contributed by atoms with van der Waals surface area (Å²) in [5.74, 6) is -0.432. The molecule has 7 N–H and O–H groups in total. The molecule has 9 nitrogen and oxygen atoms in total. The molecule has 0 aliphatic heterocycles. The fourth-order valence-electron chi connectivity index (χ4n) is 2.70. The molecule has 28 heavy (non-hydrogen) atoms. The summed E-state index contributed by atoms with van der Waals surface area (Å²) in [7, 11) is 0. The van der Waals surface area contributed by atoms with Crippen LogP contribution in [0.15, 0.2) is 0 Å². The normalized spacial score (nSPS) is 13.9. The zero-order valence-corrected chi connectivity index (χ0v) is 17.5. The molecule has 0 rings (SSSR count). The van der Waals surface area contributed by atoms with Crippen molar-refractivity contribution in [1.82, 2.24) is 16.0 Å². The average Bonchev–Trinajstić information content (AvgIpc) is 2.65. The fraction of sp³-hybridized carbons (Fsp3) is 0.778. The fourth-order valence-corrected chi connectivity index (χ4v) is 2.98. The van der Waals surface area contributed by atoms with E-state index in [0.717, 1.165) is 32.2 Å². The molecule has 0 aromatic heterocycles. The van der Waals surface area contributed by atoms with E-state index in [0.29, 0.717) is 31.1 Å². The molecule has 0 fully saturated rings. The van der Waals surface area contributed by atoms with Gasteiger partial charge in [-0.3, -0.25) is 10.2 Å². The van der Waals surface area contributed by atoms with E-state index in [9.17, 15) is 19.5 Å². The number of carboxylic acid groups (broad SMARTS) is 1. The highest BCUT2D eigenvalue weighted by Gasteiger charge is 2.19. The highest BCUT2D eigenvalue weighted by molar-refractivity contribution is 7.80. The maximum atomic E-state index is 11.9. The van der Waals surface area contributed by atoms with Crippen molar-refractivity contribution >= 4 is 36.8 Å². The molecule has 0 bridgehead atoms. The van der Waals surface area contributed by atoms with Gasteiger partial charge in [-0.25, -0.2) is 4.79 Å². The van der Waals surface area contributed by atoms with Gasteiger partial charge < -0.3 is 31.6 Å². The van der Waals surface area contributed by atoms with Crippen LogP contribution in [0, 0.1) is 17.2 Å². The van der Waals surface area contributed by atoms with Crippen molar-refractivity contribution in [3.63, 3.8) is 0 Å². The van der Waals surface area contributed by atoms with E-state index < -0.39 is 12.0 Å². The van der Waals surface area contributed by atoms with E-state index in [2.05, 4.69) is 28.6 Å². The van der Waals surface area contributed by atoms with E-state index in [4.69, 9.17) is 11.1 Å². The van der Waals surface area contributed by atoms with Crippen molar-refractivity contribution in [2.75, 3.05) is 25.4 Å². The first kappa shape index (κ1) is 26.2. The number of thiol groups is 1. The van der Waals surface area contributed by atoms with Gasteiger partial charge in [0, 0.05) is 18.9 Å². The Labute approximate surface area is 172 Å². The van der Waals surface area contributed by atoms with Crippen LogP contribution in [0.5, 0.6) is 0 Å². The van der Waals surface area contributed by atoms with Gasteiger partial charge in [-0.2, -0.15) is 12.6 Å². The molecule has 0 saturated carbocycles. The van der Waals surface area contributed by atoms with Gasteiger partial charge in [0.15, 0.2) is 5.96 Å². The van der Waals surface area contributed by atoms with Crippen LogP contribution in [0.3, 0.4) is 0 Å². The number of nitrogens with one attached hydrogen (secondary N) is 4. The summed E-state index contributed by atoms with van der Waals surface area (Å²) >= 11 is 4.31. The number of aliphatic carboxylic acids is 1. The monoisotopic (exact) mass is 417 g/mol. The van der Waals surface area contributed by atoms with Crippen LogP contribution in [-0.2, 0) is 14.4 Å². The van der Waals surface area contributed by atoms with Gasteiger partial charge in [-0.05, 0) is 56.9 Å². The number of carbonyl (C=O) groups excluding carboxylic acids is 2. The van der Waals surface area contributed by atoms with E-state index in [1.165, 1.54) is 0 Å². The molecule has 0 aliphatic carbocycles. The minimum absolute atomic E-state index is 0.0306. The van der Waals surface area contributed by atoms with E-state index in [1.54, 1.807) is 0 Å². The second-order valence-corrected chi connectivity index (χ2v) is 7.37. The topological polar surface area (TPSA) is 157 Å². The standard InChI is InChI=1S/C18H35N5O4S/c1-13(11-24)9-14(12-28)10-21-7-3-2-6-16(25)23-15(17(26)27)5-4-8-22-18(19)20/h11,13-15,21,28H,2-10,12H2,1H3,(H,23,25)(H,26,27)(H4,19,20,22)/t13?,14?,15-/m0/s1. The van der Waals surface area contributed by atoms with Crippen LogP contribution in [-0.4, -0.2) is 60.7 Å². The highest BCUT2D eigenvalue weighted by atomic mass is 32.1. The van der Waals surface area contributed by atoms with E-state index in [1.807, 2.05) is 6.92 Å². The molecular formula is C18H35N5O4S. The number of hydrogen-bond donors (Lipinski definition) is 7. The number of rotatable bonds is 17. The Morgan fingerprint density at radius 2 is 1.96 bits per heavy atom. The van der Waals surface area contributed by atoms with Crippen LogP contribution in [0.1, 0.15) is 45.4 Å². The van der Waals surface area contributed by atoms with Gasteiger partial charge in [0.25, 0.3) is 0 Å². The first-order valence-electron chi connectivity index (χ1n) is 9.67. The maximum Gasteiger partial charge on any atom is 0.326 e. The minimum atomic E-state index is -1.07. The maximum absolute atomic E-state index is 11.9. The molecule has 162 valence electrons. The zero-order chi connectivity index (χ0) is 21.4. The number of nitrogens with two attached hydrogens (primary N) is 1. The molecule has 0 saturated heterocycles. The minimum Gasteiger partial charge on any atom is -0.480 e. The van der Waals surface area contributed by atoms with Gasteiger partial charge >= 0.3 is 5.97 Å². The Morgan fingerprint density at radius 1 is 1.25 bits per heavy atom. The van der Waals surface area contributed by atoms with Crippen molar-refractivity contribution in [2.24, 2.45) is 17.6 Å².